The number of aromatic nitrogens is 4. The molecule has 24 heavy (non-hydrogen) atoms. The van der Waals surface area contributed by atoms with Gasteiger partial charge in [0.2, 0.25) is 5.91 Å². The molecule has 0 saturated heterocycles. The van der Waals surface area contributed by atoms with Gasteiger partial charge in [0.1, 0.15) is 6.54 Å². The van der Waals surface area contributed by atoms with Gasteiger partial charge in [-0.3, -0.25) is 18.7 Å². The predicted molar refractivity (Wildman–Crippen MR) is 90.7 cm³/mol. The van der Waals surface area contributed by atoms with Crippen LogP contribution in [0.1, 0.15) is 26.2 Å². The minimum atomic E-state index is -0.472. The second-order valence-corrected chi connectivity index (χ2v) is 5.89. The van der Waals surface area contributed by atoms with Crippen LogP contribution in [0.25, 0.3) is 11.2 Å². The Balaban J connectivity index is 2.26. The minimum Gasteiger partial charge on any atom is -0.351 e. The lowest BCUT2D eigenvalue weighted by Gasteiger charge is -2.16. The van der Waals surface area contributed by atoms with Crippen molar-refractivity contribution in [3.63, 3.8) is 0 Å². The van der Waals surface area contributed by atoms with Gasteiger partial charge < -0.3 is 15.6 Å². The summed E-state index contributed by atoms with van der Waals surface area (Å²) in [5.74, 6) is -0.239. The van der Waals surface area contributed by atoms with Gasteiger partial charge in [0.05, 0.1) is 6.33 Å². The van der Waals surface area contributed by atoms with Crippen LogP contribution in [0.15, 0.2) is 15.9 Å². The number of aryl methyl sites for hydroxylation is 1. The van der Waals surface area contributed by atoms with E-state index in [1.165, 1.54) is 29.6 Å². The smallest absolute Gasteiger partial charge is 0.332 e. The summed E-state index contributed by atoms with van der Waals surface area (Å²) < 4.78 is 3.75. The SMILES string of the molecule is CCCCC(CN)NC(=O)Cn1cnc2c1c(=O)n(C)c(=O)n2C. The number of nitrogens with one attached hydrogen (secondary N) is 1. The van der Waals surface area contributed by atoms with Crippen LogP contribution in [0.2, 0.25) is 0 Å². The molecule has 132 valence electrons. The van der Waals surface area contributed by atoms with Crippen LogP contribution in [0.4, 0.5) is 0 Å². The molecular formula is C15H24N6O3. The Morgan fingerprint density at radius 2 is 2.04 bits per heavy atom. The van der Waals surface area contributed by atoms with Crippen LogP contribution in [0, 0.1) is 0 Å². The molecule has 0 aliphatic heterocycles. The van der Waals surface area contributed by atoms with E-state index in [0.29, 0.717) is 6.54 Å². The van der Waals surface area contributed by atoms with Gasteiger partial charge in [-0.15, -0.1) is 0 Å². The van der Waals surface area contributed by atoms with E-state index < -0.39 is 11.2 Å². The van der Waals surface area contributed by atoms with E-state index in [4.69, 9.17) is 5.73 Å². The number of nitrogens with zero attached hydrogens (tertiary/aromatic N) is 4. The lowest BCUT2D eigenvalue weighted by atomic mass is 10.1. The van der Waals surface area contributed by atoms with Crippen molar-refractivity contribution < 1.29 is 4.79 Å². The second-order valence-electron chi connectivity index (χ2n) is 5.89. The summed E-state index contributed by atoms with van der Waals surface area (Å²) in [6.45, 7) is 2.40. The topological polar surface area (TPSA) is 117 Å². The number of hydrogen-bond donors (Lipinski definition) is 2. The summed E-state index contributed by atoms with van der Waals surface area (Å²) in [6, 6.07) is -0.0839. The molecule has 0 fully saturated rings. The largest absolute Gasteiger partial charge is 0.351 e. The third-order valence-electron chi connectivity index (χ3n) is 4.09. The number of unbranched alkanes of at least 4 members (excludes halogenated alkanes) is 1. The number of nitrogens with two attached hydrogens (primary N) is 1. The summed E-state index contributed by atoms with van der Waals surface area (Å²) >= 11 is 0. The first-order chi connectivity index (χ1) is 11.4. The molecule has 2 rings (SSSR count). The number of carbonyl (C=O) groups is 1. The molecule has 0 saturated carbocycles. The second kappa shape index (κ2) is 7.43. The standard InChI is InChI=1S/C15H24N6O3/c1-4-5-6-10(7-16)18-11(22)8-21-9-17-13-12(21)14(23)20(3)15(24)19(13)2/h9-10H,4-8,16H2,1-3H3,(H,18,22). The van der Waals surface area contributed by atoms with Gasteiger partial charge in [-0.2, -0.15) is 0 Å². The first-order valence-corrected chi connectivity index (χ1v) is 8.01. The quantitative estimate of drug-likeness (QED) is 0.677. The van der Waals surface area contributed by atoms with Gasteiger partial charge in [0, 0.05) is 26.7 Å². The van der Waals surface area contributed by atoms with Gasteiger partial charge in [-0.25, -0.2) is 9.78 Å². The number of rotatable bonds is 7. The molecule has 0 bridgehead atoms. The maximum atomic E-state index is 12.3. The van der Waals surface area contributed by atoms with Crippen LogP contribution < -0.4 is 22.3 Å². The zero-order valence-corrected chi connectivity index (χ0v) is 14.3. The molecule has 2 aromatic heterocycles. The van der Waals surface area contributed by atoms with Crippen molar-refractivity contribution in [3.05, 3.63) is 27.2 Å². The van der Waals surface area contributed by atoms with Crippen LogP contribution >= 0.6 is 0 Å². The summed E-state index contributed by atoms with van der Waals surface area (Å²) in [4.78, 5) is 40.6. The molecule has 2 aromatic rings. The van der Waals surface area contributed by atoms with Gasteiger partial charge in [0.25, 0.3) is 5.56 Å². The number of imidazole rings is 1. The lowest BCUT2D eigenvalue weighted by Crippen LogP contribution is -2.42. The monoisotopic (exact) mass is 336 g/mol. The summed E-state index contributed by atoms with van der Waals surface area (Å²) in [7, 11) is 2.94. The van der Waals surface area contributed by atoms with E-state index in [-0.39, 0.29) is 29.7 Å². The van der Waals surface area contributed by atoms with Gasteiger partial charge in [-0.1, -0.05) is 19.8 Å². The molecule has 9 heteroatoms. The first-order valence-electron chi connectivity index (χ1n) is 8.01. The zero-order valence-electron chi connectivity index (χ0n) is 14.3. The van der Waals surface area contributed by atoms with Crippen LogP contribution in [0.3, 0.4) is 0 Å². The average Bonchev–Trinajstić information content (AvgIpc) is 2.98. The molecule has 3 N–H and O–H groups in total. The highest BCUT2D eigenvalue weighted by Crippen LogP contribution is 2.05. The summed E-state index contributed by atoms with van der Waals surface area (Å²) in [5, 5.41) is 2.87. The molecule has 0 aliphatic rings. The Bertz CT molecular complexity index is 847. The van der Waals surface area contributed by atoms with Gasteiger partial charge >= 0.3 is 5.69 Å². The Labute approximate surface area is 139 Å². The fraction of sp³-hybridized carbons (Fsp3) is 0.600. The van der Waals surface area contributed by atoms with Crippen molar-refractivity contribution in [1.29, 1.82) is 0 Å². The van der Waals surface area contributed by atoms with E-state index >= 15 is 0 Å². The van der Waals surface area contributed by atoms with Crippen LogP contribution in [0.5, 0.6) is 0 Å². The maximum Gasteiger partial charge on any atom is 0.332 e. The predicted octanol–water partition coefficient (Wildman–Crippen LogP) is -0.933. The number of carbonyl (C=O) groups excluding carboxylic acids is 1. The van der Waals surface area contributed by atoms with Crippen molar-refractivity contribution >= 4 is 17.1 Å². The number of fused-ring (bicyclic) bond motifs is 1. The highest BCUT2D eigenvalue weighted by Gasteiger charge is 2.17. The zero-order chi connectivity index (χ0) is 17.9. The highest BCUT2D eigenvalue weighted by molar-refractivity contribution is 5.79. The summed E-state index contributed by atoms with van der Waals surface area (Å²) in [5.41, 5.74) is 5.25. The molecule has 1 atom stereocenters. The van der Waals surface area contributed by atoms with Crippen LogP contribution in [-0.2, 0) is 25.4 Å². The average molecular weight is 336 g/mol. The Kier molecular flexibility index (Phi) is 5.55. The highest BCUT2D eigenvalue weighted by atomic mass is 16.2. The Morgan fingerprint density at radius 3 is 2.67 bits per heavy atom. The fourth-order valence-corrected chi connectivity index (χ4v) is 2.64. The molecule has 0 radical (unpaired) electrons. The van der Waals surface area contributed by atoms with Crippen molar-refractivity contribution in [2.45, 2.75) is 38.8 Å². The van der Waals surface area contributed by atoms with E-state index in [2.05, 4.69) is 17.2 Å². The number of hydrogen-bond acceptors (Lipinski definition) is 5. The molecule has 2 heterocycles. The maximum absolute atomic E-state index is 12.3. The van der Waals surface area contributed by atoms with E-state index in [1.54, 1.807) is 0 Å². The lowest BCUT2D eigenvalue weighted by molar-refractivity contribution is -0.122. The van der Waals surface area contributed by atoms with E-state index in [9.17, 15) is 14.4 Å². The fourth-order valence-electron chi connectivity index (χ4n) is 2.64. The number of amides is 1. The first kappa shape index (κ1) is 17.9. The minimum absolute atomic E-state index is 0.0490. The Hall–Kier alpha value is -2.42. The van der Waals surface area contributed by atoms with Gasteiger partial charge in [-0.05, 0) is 6.42 Å². The Morgan fingerprint density at radius 1 is 1.33 bits per heavy atom. The third-order valence-corrected chi connectivity index (χ3v) is 4.09. The van der Waals surface area contributed by atoms with Crippen molar-refractivity contribution in [1.82, 2.24) is 24.0 Å². The van der Waals surface area contributed by atoms with Crippen molar-refractivity contribution in [3.8, 4) is 0 Å². The van der Waals surface area contributed by atoms with Crippen molar-refractivity contribution in [2.24, 2.45) is 19.8 Å². The third kappa shape index (κ3) is 3.40. The van der Waals surface area contributed by atoms with Crippen LogP contribution in [-0.4, -0.2) is 37.2 Å². The van der Waals surface area contributed by atoms with Crippen molar-refractivity contribution in [2.75, 3.05) is 6.54 Å². The van der Waals surface area contributed by atoms with Gasteiger partial charge in [0.15, 0.2) is 11.2 Å². The molecule has 9 nitrogen and oxygen atoms in total. The molecule has 0 aliphatic carbocycles. The molecule has 0 aromatic carbocycles. The summed E-state index contributed by atoms with van der Waals surface area (Å²) in [6.07, 6.45) is 4.23. The molecular weight excluding hydrogens is 312 g/mol. The molecule has 0 spiro atoms. The van der Waals surface area contributed by atoms with E-state index in [0.717, 1.165) is 23.8 Å². The normalized spacial score (nSPS) is 12.5. The van der Waals surface area contributed by atoms with E-state index in [1.807, 2.05) is 0 Å². The molecule has 1 unspecified atom stereocenters. The molecule has 1 amide bonds.